The first-order valence-corrected chi connectivity index (χ1v) is 7.71. The van der Waals surface area contributed by atoms with Crippen LogP contribution in [0.2, 0.25) is 5.02 Å². The Kier molecular flexibility index (Phi) is 6.00. The molecule has 0 fully saturated rings. The molecule has 0 saturated carbocycles. The molecule has 0 radical (unpaired) electrons. The summed E-state index contributed by atoms with van der Waals surface area (Å²) >= 11 is 5.87. The van der Waals surface area contributed by atoms with Gasteiger partial charge in [0.05, 0.1) is 18.8 Å². The van der Waals surface area contributed by atoms with Crippen molar-refractivity contribution in [2.75, 3.05) is 7.11 Å². The summed E-state index contributed by atoms with van der Waals surface area (Å²) in [6, 6.07) is 14.3. The van der Waals surface area contributed by atoms with Crippen LogP contribution in [0.1, 0.15) is 24.5 Å². The zero-order valence-corrected chi connectivity index (χ0v) is 14.1. The smallest absolute Gasteiger partial charge is 0.311 e. The van der Waals surface area contributed by atoms with Gasteiger partial charge in [-0.05, 0) is 41.5 Å². The van der Waals surface area contributed by atoms with Crippen LogP contribution < -0.4 is 9.47 Å². The van der Waals surface area contributed by atoms with E-state index in [2.05, 4.69) is 6.07 Å². The van der Waals surface area contributed by atoms with Gasteiger partial charge in [-0.2, -0.15) is 5.26 Å². The molecule has 0 atom stereocenters. The van der Waals surface area contributed by atoms with Crippen LogP contribution in [-0.4, -0.2) is 13.1 Å². The van der Waals surface area contributed by atoms with Crippen molar-refractivity contribution in [3.63, 3.8) is 0 Å². The summed E-state index contributed by atoms with van der Waals surface area (Å²) in [7, 11) is 1.50. The lowest BCUT2D eigenvalue weighted by molar-refractivity contribution is -0.134. The Morgan fingerprint density at radius 3 is 2.50 bits per heavy atom. The molecule has 2 aromatic rings. The topological polar surface area (TPSA) is 59.3 Å². The molecule has 0 aromatic heterocycles. The number of nitrogens with zero attached hydrogens (tertiary/aromatic N) is 1. The molecule has 0 aliphatic rings. The van der Waals surface area contributed by atoms with Crippen LogP contribution in [0.5, 0.6) is 11.5 Å². The van der Waals surface area contributed by atoms with Crippen LogP contribution >= 0.6 is 11.6 Å². The van der Waals surface area contributed by atoms with Crippen molar-refractivity contribution < 1.29 is 14.3 Å². The minimum Gasteiger partial charge on any atom is -0.493 e. The fourth-order valence-electron chi connectivity index (χ4n) is 2.03. The summed E-state index contributed by atoms with van der Waals surface area (Å²) in [6.07, 6.45) is 2.01. The first-order chi connectivity index (χ1) is 11.6. The average molecular weight is 342 g/mol. The largest absolute Gasteiger partial charge is 0.493 e. The van der Waals surface area contributed by atoms with E-state index < -0.39 is 0 Å². The molecule has 5 heteroatoms. The molecule has 0 saturated heterocycles. The fourth-order valence-corrected chi connectivity index (χ4v) is 2.16. The van der Waals surface area contributed by atoms with Crippen molar-refractivity contribution in [1.82, 2.24) is 0 Å². The molecule has 0 unspecified atom stereocenters. The second-order valence-electron chi connectivity index (χ2n) is 4.91. The van der Waals surface area contributed by atoms with Crippen molar-refractivity contribution >= 4 is 29.2 Å². The average Bonchev–Trinajstić information content (AvgIpc) is 2.61. The molecule has 0 aliphatic heterocycles. The van der Waals surface area contributed by atoms with Crippen LogP contribution in [0.25, 0.3) is 11.6 Å². The van der Waals surface area contributed by atoms with E-state index in [9.17, 15) is 10.1 Å². The monoisotopic (exact) mass is 341 g/mol. The van der Waals surface area contributed by atoms with E-state index in [1.165, 1.54) is 7.11 Å². The highest BCUT2D eigenvalue weighted by Crippen LogP contribution is 2.30. The number of methoxy groups -OCH3 is 1. The summed E-state index contributed by atoms with van der Waals surface area (Å²) in [4.78, 5) is 11.4. The molecule has 2 rings (SSSR count). The first kappa shape index (κ1) is 17.6. The van der Waals surface area contributed by atoms with Gasteiger partial charge < -0.3 is 9.47 Å². The quantitative estimate of drug-likeness (QED) is 0.341. The van der Waals surface area contributed by atoms with Gasteiger partial charge in [-0.15, -0.1) is 0 Å². The van der Waals surface area contributed by atoms with Gasteiger partial charge in [-0.25, -0.2) is 0 Å². The molecular formula is C19H16ClNO3. The summed E-state index contributed by atoms with van der Waals surface area (Å²) < 4.78 is 10.5. The number of carbonyl (C=O) groups excluding carboxylic acids is 1. The molecule has 0 N–H and O–H groups in total. The van der Waals surface area contributed by atoms with Crippen molar-refractivity contribution in [1.29, 1.82) is 5.26 Å². The number of allylic oxidation sites excluding steroid dienone is 1. The molecule has 0 spiro atoms. The number of hydrogen-bond donors (Lipinski definition) is 0. The van der Waals surface area contributed by atoms with E-state index in [-0.39, 0.29) is 12.4 Å². The van der Waals surface area contributed by atoms with Gasteiger partial charge in [0.1, 0.15) is 0 Å². The first-order valence-electron chi connectivity index (χ1n) is 7.33. The minimum atomic E-state index is -0.338. The third-order valence-corrected chi connectivity index (χ3v) is 3.54. The van der Waals surface area contributed by atoms with Crippen LogP contribution in [0.4, 0.5) is 0 Å². The number of benzene rings is 2. The number of rotatable bonds is 5. The highest BCUT2D eigenvalue weighted by atomic mass is 35.5. The standard InChI is InChI=1S/C19H16ClNO3/c1-3-19(22)24-17-9-4-13(11-18(17)23-2)10-15(12-21)14-5-7-16(20)8-6-14/h4-11H,3H2,1-2H3. The van der Waals surface area contributed by atoms with E-state index in [1.807, 2.05) is 0 Å². The lowest BCUT2D eigenvalue weighted by atomic mass is 10.0. The maximum absolute atomic E-state index is 11.4. The fraction of sp³-hybridized carbons (Fsp3) is 0.158. The molecule has 0 heterocycles. The zero-order valence-electron chi connectivity index (χ0n) is 13.4. The molecule has 24 heavy (non-hydrogen) atoms. The van der Waals surface area contributed by atoms with Crippen LogP contribution in [-0.2, 0) is 4.79 Å². The molecule has 0 amide bonds. The van der Waals surface area contributed by atoms with Gasteiger partial charge in [-0.1, -0.05) is 36.7 Å². The third kappa shape index (κ3) is 4.37. The molecule has 122 valence electrons. The van der Waals surface area contributed by atoms with Crippen LogP contribution in [0.3, 0.4) is 0 Å². The van der Waals surface area contributed by atoms with Crippen LogP contribution in [0, 0.1) is 11.3 Å². The Labute approximate surface area is 145 Å². The summed E-state index contributed by atoms with van der Waals surface area (Å²) in [6.45, 7) is 1.72. The predicted octanol–water partition coefficient (Wildman–Crippen LogP) is 4.73. The lowest BCUT2D eigenvalue weighted by Gasteiger charge is -2.09. The van der Waals surface area contributed by atoms with Crippen LogP contribution in [0.15, 0.2) is 42.5 Å². The van der Waals surface area contributed by atoms with Gasteiger partial charge in [0.2, 0.25) is 0 Å². The second kappa shape index (κ2) is 8.19. The highest BCUT2D eigenvalue weighted by Gasteiger charge is 2.10. The normalized spacial score (nSPS) is 10.8. The Hall–Kier alpha value is -2.77. The van der Waals surface area contributed by atoms with Gasteiger partial charge >= 0.3 is 5.97 Å². The molecule has 4 nitrogen and oxygen atoms in total. The summed E-state index contributed by atoms with van der Waals surface area (Å²) in [5.74, 6) is 0.445. The number of esters is 1. The lowest BCUT2D eigenvalue weighted by Crippen LogP contribution is -2.06. The Balaban J connectivity index is 2.35. The zero-order chi connectivity index (χ0) is 17.5. The molecule has 0 aliphatic carbocycles. The van der Waals surface area contributed by atoms with E-state index in [0.29, 0.717) is 22.1 Å². The van der Waals surface area contributed by atoms with Gasteiger partial charge in [-0.3, -0.25) is 4.79 Å². The maximum Gasteiger partial charge on any atom is 0.311 e. The Bertz CT molecular complexity index is 804. The third-order valence-electron chi connectivity index (χ3n) is 3.29. The molecule has 2 aromatic carbocycles. The van der Waals surface area contributed by atoms with Gasteiger partial charge in [0.25, 0.3) is 0 Å². The van der Waals surface area contributed by atoms with Crippen molar-refractivity contribution in [2.45, 2.75) is 13.3 Å². The van der Waals surface area contributed by atoms with E-state index in [4.69, 9.17) is 21.1 Å². The number of ether oxygens (including phenoxy) is 2. The number of carbonyl (C=O) groups is 1. The Morgan fingerprint density at radius 1 is 1.21 bits per heavy atom. The van der Waals surface area contributed by atoms with Gasteiger partial charge in [0.15, 0.2) is 11.5 Å². The van der Waals surface area contributed by atoms with Crippen molar-refractivity contribution in [2.24, 2.45) is 0 Å². The van der Waals surface area contributed by atoms with Crippen molar-refractivity contribution in [3.8, 4) is 17.6 Å². The molecule has 0 bridgehead atoms. The highest BCUT2D eigenvalue weighted by molar-refractivity contribution is 6.30. The van der Waals surface area contributed by atoms with Crippen molar-refractivity contribution in [3.05, 3.63) is 58.6 Å². The predicted molar refractivity (Wildman–Crippen MR) is 93.9 cm³/mol. The van der Waals surface area contributed by atoms with E-state index in [0.717, 1.165) is 11.1 Å². The number of nitriles is 1. The number of halogens is 1. The maximum atomic E-state index is 11.4. The molecular weight excluding hydrogens is 326 g/mol. The summed E-state index contributed by atoms with van der Waals surface area (Å²) in [5, 5.41) is 10.0. The SMILES string of the molecule is CCC(=O)Oc1ccc(C=C(C#N)c2ccc(Cl)cc2)cc1OC. The van der Waals surface area contributed by atoms with E-state index >= 15 is 0 Å². The minimum absolute atomic E-state index is 0.278. The second-order valence-corrected chi connectivity index (χ2v) is 5.35. The van der Waals surface area contributed by atoms with E-state index in [1.54, 1.807) is 55.5 Å². The summed E-state index contributed by atoms with van der Waals surface area (Å²) in [5.41, 5.74) is 2.02. The van der Waals surface area contributed by atoms with Gasteiger partial charge in [0, 0.05) is 11.4 Å². The number of hydrogen-bond acceptors (Lipinski definition) is 4. The Morgan fingerprint density at radius 2 is 1.92 bits per heavy atom.